The number of ether oxygens (including phenoxy) is 2. The van der Waals surface area contributed by atoms with Crippen molar-refractivity contribution < 1.29 is 9.47 Å². The number of pyridine rings is 1. The highest BCUT2D eigenvalue weighted by Crippen LogP contribution is 2.37. The molecule has 3 aliphatic rings. The maximum Gasteiger partial charge on any atom is 0.253 e. The van der Waals surface area contributed by atoms with Gasteiger partial charge in [-0.25, -0.2) is 4.68 Å². The van der Waals surface area contributed by atoms with Gasteiger partial charge in [-0.05, 0) is 60.7 Å². The van der Waals surface area contributed by atoms with E-state index in [2.05, 4.69) is 32.3 Å². The van der Waals surface area contributed by atoms with E-state index < -0.39 is 0 Å². The predicted molar refractivity (Wildman–Crippen MR) is 123 cm³/mol. The molecule has 1 saturated carbocycles. The van der Waals surface area contributed by atoms with Crippen LogP contribution in [0.25, 0.3) is 10.9 Å². The molecule has 0 amide bonds. The summed E-state index contributed by atoms with van der Waals surface area (Å²) in [5.74, 6) is 2.72. The van der Waals surface area contributed by atoms with E-state index in [1.807, 2.05) is 22.9 Å². The standard InChI is InChI=1S/C24H30N6O3/c1-15-5-4-8-29(14-15)22(23-26-27-28-30(23)17-6-2-3-7-17)18-11-16-12-20-21(33-10-9-32-20)13-19(16)25-24(18)31/h11-13,15,17,22H,2-10,14H2,1H3,(H,25,31)/t15-,22+/m0/s1. The molecular weight excluding hydrogens is 420 g/mol. The zero-order valence-corrected chi connectivity index (χ0v) is 19.0. The smallest absolute Gasteiger partial charge is 0.253 e. The highest BCUT2D eigenvalue weighted by molar-refractivity contribution is 5.83. The van der Waals surface area contributed by atoms with Gasteiger partial charge in [0.05, 0.1) is 11.6 Å². The summed E-state index contributed by atoms with van der Waals surface area (Å²) in [6.45, 7) is 5.16. The molecule has 2 fully saturated rings. The Bertz CT molecular complexity index is 1210. The zero-order valence-electron chi connectivity index (χ0n) is 19.0. The van der Waals surface area contributed by atoms with Crippen molar-refractivity contribution in [3.05, 3.63) is 39.9 Å². The summed E-state index contributed by atoms with van der Waals surface area (Å²) in [4.78, 5) is 18.9. The van der Waals surface area contributed by atoms with Crippen LogP contribution in [0, 0.1) is 5.92 Å². The van der Waals surface area contributed by atoms with E-state index in [1.165, 1.54) is 19.3 Å². The first-order chi connectivity index (χ1) is 16.2. The van der Waals surface area contributed by atoms with Crippen molar-refractivity contribution >= 4 is 10.9 Å². The molecule has 1 saturated heterocycles. The SMILES string of the molecule is C[C@H]1CCCN([C@H](c2cc3cc4c(cc3[nH]c2=O)OCCO4)c2nnnn2C2CCCC2)C1. The Morgan fingerprint density at radius 3 is 2.64 bits per heavy atom. The van der Waals surface area contributed by atoms with Crippen LogP contribution < -0.4 is 15.0 Å². The van der Waals surface area contributed by atoms with Crippen LogP contribution in [0.2, 0.25) is 0 Å². The van der Waals surface area contributed by atoms with Crippen molar-refractivity contribution in [2.75, 3.05) is 26.3 Å². The molecule has 9 heteroatoms. The molecule has 2 aliphatic heterocycles. The van der Waals surface area contributed by atoms with Gasteiger partial charge in [0.15, 0.2) is 17.3 Å². The van der Waals surface area contributed by atoms with Gasteiger partial charge in [-0.2, -0.15) is 0 Å². The zero-order chi connectivity index (χ0) is 22.4. The fourth-order valence-electron chi connectivity index (χ4n) is 5.71. The summed E-state index contributed by atoms with van der Waals surface area (Å²) in [6.07, 6.45) is 6.86. The summed E-state index contributed by atoms with van der Waals surface area (Å²) in [5.41, 5.74) is 1.32. The van der Waals surface area contributed by atoms with Crippen LogP contribution in [-0.4, -0.2) is 56.4 Å². The summed E-state index contributed by atoms with van der Waals surface area (Å²) in [5, 5.41) is 13.9. The van der Waals surface area contributed by atoms with Gasteiger partial charge < -0.3 is 14.5 Å². The first-order valence-corrected chi connectivity index (χ1v) is 12.2. The lowest BCUT2D eigenvalue weighted by molar-refractivity contribution is 0.139. The van der Waals surface area contributed by atoms with E-state index in [0.717, 1.165) is 49.1 Å². The number of fused-ring (bicyclic) bond motifs is 2. The van der Waals surface area contributed by atoms with Gasteiger partial charge in [-0.1, -0.05) is 19.8 Å². The molecule has 33 heavy (non-hydrogen) atoms. The highest BCUT2D eigenvalue weighted by atomic mass is 16.6. The van der Waals surface area contributed by atoms with Gasteiger partial charge in [0, 0.05) is 23.6 Å². The summed E-state index contributed by atoms with van der Waals surface area (Å²) in [6, 6.07) is 5.82. The van der Waals surface area contributed by atoms with Crippen LogP contribution in [-0.2, 0) is 0 Å². The van der Waals surface area contributed by atoms with E-state index >= 15 is 0 Å². The number of nitrogens with one attached hydrogen (secondary N) is 1. The second-order valence-electron chi connectivity index (χ2n) is 9.70. The van der Waals surface area contributed by atoms with Crippen molar-refractivity contribution in [3.8, 4) is 11.5 Å². The third kappa shape index (κ3) is 3.78. The van der Waals surface area contributed by atoms with Crippen molar-refractivity contribution in [2.45, 2.75) is 57.5 Å². The largest absolute Gasteiger partial charge is 0.486 e. The van der Waals surface area contributed by atoms with E-state index in [9.17, 15) is 4.79 Å². The maximum atomic E-state index is 13.5. The summed E-state index contributed by atoms with van der Waals surface area (Å²) >= 11 is 0. The first-order valence-electron chi connectivity index (χ1n) is 12.2. The molecule has 9 nitrogen and oxygen atoms in total. The normalized spacial score (nSPS) is 22.6. The van der Waals surface area contributed by atoms with Gasteiger partial charge in [-0.15, -0.1) is 5.10 Å². The predicted octanol–water partition coefficient (Wildman–Crippen LogP) is 3.22. The Hall–Kier alpha value is -2.94. The average molecular weight is 451 g/mol. The van der Waals surface area contributed by atoms with Crippen LogP contribution in [0.15, 0.2) is 23.0 Å². The molecule has 4 heterocycles. The minimum absolute atomic E-state index is 0.108. The van der Waals surface area contributed by atoms with Gasteiger partial charge in [0.2, 0.25) is 0 Å². The van der Waals surface area contributed by atoms with Crippen LogP contribution in [0.1, 0.15) is 68.9 Å². The molecule has 2 aromatic heterocycles. The molecule has 1 aliphatic carbocycles. The second-order valence-corrected chi connectivity index (χ2v) is 9.70. The van der Waals surface area contributed by atoms with E-state index in [-0.39, 0.29) is 11.6 Å². The van der Waals surface area contributed by atoms with E-state index in [0.29, 0.717) is 42.2 Å². The Labute approximate surface area is 192 Å². The first kappa shape index (κ1) is 20.7. The fraction of sp³-hybridized carbons (Fsp3) is 0.583. The van der Waals surface area contributed by atoms with Gasteiger partial charge in [-0.3, -0.25) is 9.69 Å². The molecular formula is C24H30N6O3. The molecule has 1 N–H and O–H groups in total. The number of hydrogen-bond acceptors (Lipinski definition) is 7. The topological polar surface area (TPSA) is 98.2 Å². The van der Waals surface area contributed by atoms with Crippen LogP contribution in [0.3, 0.4) is 0 Å². The number of hydrogen-bond donors (Lipinski definition) is 1. The molecule has 1 aromatic carbocycles. The number of aromatic amines is 1. The minimum atomic E-state index is -0.287. The number of piperidine rings is 1. The van der Waals surface area contributed by atoms with Crippen molar-refractivity contribution in [2.24, 2.45) is 5.92 Å². The number of aromatic nitrogens is 5. The summed E-state index contributed by atoms with van der Waals surface area (Å²) in [7, 11) is 0. The lowest BCUT2D eigenvalue weighted by atomic mass is 9.95. The molecule has 174 valence electrons. The van der Waals surface area contributed by atoms with Gasteiger partial charge in [0.25, 0.3) is 5.56 Å². The number of nitrogens with zero attached hydrogens (tertiary/aromatic N) is 5. The highest BCUT2D eigenvalue weighted by Gasteiger charge is 2.35. The number of benzene rings is 1. The molecule has 0 unspecified atom stereocenters. The summed E-state index contributed by atoms with van der Waals surface area (Å²) < 4.78 is 13.5. The van der Waals surface area contributed by atoms with Crippen LogP contribution in [0.4, 0.5) is 0 Å². The average Bonchev–Trinajstić information content (AvgIpc) is 3.51. The molecule has 0 spiro atoms. The maximum absolute atomic E-state index is 13.5. The fourth-order valence-corrected chi connectivity index (χ4v) is 5.71. The van der Waals surface area contributed by atoms with E-state index in [4.69, 9.17) is 9.47 Å². The van der Waals surface area contributed by atoms with Crippen molar-refractivity contribution in [1.82, 2.24) is 30.1 Å². The number of rotatable bonds is 4. The quantitative estimate of drug-likeness (QED) is 0.652. The van der Waals surface area contributed by atoms with Crippen molar-refractivity contribution in [1.29, 1.82) is 0 Å². The molecule has 2 atom stereocenters. The Morgan fingerprint density at radius 2 is 1.85 bits per heavy atom. The third-order valence-electron chi connectivity index (χ3n) is 7.32. The molecule has 6 rings (SSSR count). The lowest BCUT2D eigenvalue weighted by Crippen LogP contribution is -2.41. The molecule has 0 bridgehead atoms. The number of tetrazole rings is 1. The Morgan fingerprint density at radius 1 is 1.06 bits per heavy atom. The lowest BCUT2D eigenvalue weighted by Gasteiger charge is -2.36. The Balaban J connectivity index is 1.49. The number of likely N-dealkylation sites (tertiary alicyclic amines) is 1. The third-order valence-corrected chi connectivity index (χ3v) is 7.32. The van der Waals surface area contributed by atoms with Gasteiger partial charge >= 0.3 is 0 Å². The van der Waals surface area contributed by atoms with Crippen molar-refractivity contribution in [3.63, 3.8) is 0 Å². The second kappa shape index (κ2) is 8.44. The van der Waals surface area contributed by atoms with Crippen LogP contribution >= 0.6 is 0 Å². The Kier molecular flexibility index (Phi) is 5.28. The van der Waals surface area contributed by atoms with E-state index in [1.54, 1.807) is 0 Å². The minimum Gasteiger partial charge on any atom is -0.486 e. The monoisotopic (exact) mass is 450 g/mol. The van der Waals surface area contributed by atoms with Crippen LogP contribution in [0.5, 0.6) is 11.5 Å². The number of H-pyrrole nitrogens is 1. The van der Waals surface area contributed by atoms with Gasteiger partial charge in [0.1, 0.15) is 19.3 Å². The molecule has 3 aromatic rings. The molecule has 0 radical (unpaired) electrons.